The lowest BCUT2D eigenvalue weighted by Gasteiger charge is -2.29. The zero-order chi connectivity index (χ0) is 13.1. The van der Waals surface area contributed by atoms with Crippen LogP contribution in [0.1, 0.15) is 20.3 Å². The summed E-state index contributed by atoms with van der Waals surface area (Å²) >= 11 is 0. The van der Waals surface area contributed by atoms with Gasteiger partial charge >= 0.3 is 0 Å². The highest BCUT2D eigenvalue weighted by molar-refractivity contribution is 4.89. The van der Waals surface area contributed by atoms with Gasteiger partial charge in [-0.25, -0.2) is 0 Å². The van der Waals surface area contributed by atoms with Gasteiger partial charge in [0.15, 0.2) is 0 Å². The quantitative estimate of drug-likeness (QED) is 0.700. The van der Waals surface area contributed by atoms with Crippen LogP contribution in [0.15, 0.2) is 0 Å². The summed E-state index contributed by atoms with van der Waals surface area (Å²) in [4.78, 5) is 4.84. The second kappa shape index (κ2) is 6.14. The molecule has 3 unspecified atom stereocenters. The Morgan fingerprint density at radius 1 is 1.41 bits per heavy atom. The number of likely N-dealkylation sites (N-methyl/N-ethyl adjacent to an activating group) is 2. The molecule has 17 heavy (non-hydrogen) atoms. The molecule has 0 radical (unpaired) electrons. The van der Waals surface area contributed by atoms with Gasteiger partial charge in [-0.2, -0.15) is 0 Å². The first-order valence-corrected chi connectivity index (χ1v) is 6.60. The van der Waals surface area contributed by atoms with Crippen molar-refractivity contribution in [2.45, 2.75) is 31.8 Å². The van der Waals surface area contributed by atoms with Gasteiger partial charge in [-0.05, 0) is 40.4 Å². The summed E-state index contributed by atoms with van der Waals surface area (Å²) in [6.45, 7) is 7.99. The first-order chi connectivity index (χ1) is 7.91. The Hall–Kier alpha value is -0.160. The molecule has 1 heterocycles. The Labute approximate surface area is 106 Å². The van der Waals surface area contributed by atoms with Gasteiger partial charge < -0.3 is 20.2 Å². The van der Waals surface area contributed by atoms with Crippen LogP contribution in [0.3, 0.4) is 0 Å². The van der Waals surface area contributed by atoms with E-state index in [0.717, 1.165) is 25.4 Å². The van der Waals surface area contributed by atoms with Crippen molar-refractivity contribution in [1.82, 2.24) is 15.1 Å². The van der Waals surface area contributed by atoms with Crippen molar-refractivity contribution in [2.24, 2.45) is 5.92 Å². The van der Waals surface area contributed by atoms with E-state index in [1.165, 1.54) is 6.54 Å². The largest absolute Gasteiger partial charge is 0.394 e. The topological polar surface area (TPSA) is 38.7 Å². The summed E-state index contributed by atoms with van der Waals surface area (Å²) in [5, 5.41) is 12.6. The van der Waals surface area contributed by atoms with Crippen LogP contribution in [0.2, 0.25) is 0 Å². The van der Waals surface area contributed by atoms with Gasteiger partial charge in [-0.3, -0.25) is 0 Å². The highest BCUT2D eigenvalue weighted by Crippen LogP contribution is 2.21. The first-order valence-electron chi connectivity index (χ1n) is 6.60. The van der Waals surface area contributed by atoms with E-state index in [0.29, 0.717) is 6.04 Å². The van der Waals surface area contributed by atoms with Gasteiger partial charge in [0.05, 0.1) is 6.61 Å². The standard InChI is InChI=1S/C13H29N3O/c1-11-8-16(9-12(11)15(4)5)7-6-13(2,10-17)14-3/h11-12,14,17H,6-10H2,1-5H3. The van der Waals surface area contributed by atoms with Crippen LogP contribution in [-0.4, -0.2) is 73.9 Å². The lowest BCUT2D eigenvalue weighted by atomic mass is 9.99. The monoisotopic (exact) mass is 243 g/mol. The molecule has 4 heteroatoms. The van der Waals surface area contributed by atoms with Crippen LogP contribution < -0.4 is 5.32 Å². The summed E-state index contributed by atoms with van der Waals surface area (Å²) in [7, 11) is 6.25. The van der Waals surface area contributed by atoms with Gasteiger partial charge in [-0.1, -0.05) is 6.92 Å². The zero-order valence-electron chi connectivity index (χ0n) is 12.0. The maximum Gasteiger partial charge on any atom is 0.0610 e. The van der Waals surface area contributed by atoms with E-state index in [1.54, 1.807) is 0 Å². The molecule has 0 aliphatic carbocycles. The Bertz CT molecular complexity index is 229. The third kappa shape index (κ3) is 3.91. The van der Waals surface area contributed by atoms with E-state index >= 15 is 0 Å². The van der Waals surface area contributed by atoms with Crippen molar-refractivity contribution in [3.63, 3.8) is 0 Å². The predicted octanol–water partition coefficient (Wildman–Crippen LogP) is 0.229. The normalized spacial score (nSPS) is 29.8. The molecular weight excluding hydrogens is 214 g/mol. The van der Waals surface area contributed by atoms with E-state index < -0.39 is 0 Å². The molecule has 102 valence electrons. The molecule has 1 fully saturated rings. The molecular formula is C13H29N3O. The van der Waals surface area contributed by atoms with E-state index in [2.05, 4.69) is 43.1 Å². The average molecular weight is 243 g/mol. The third-order valence-corrected chi connectivity index (χ3v) is 4.24. The molecule has 0 aromatic rings. The number of hydrogen-bond acceptors (Lipinski definition) is 4. The molecule has 1 aliphatic heterocycles. The Morgan fingerprint density at radius 2 is 2.06 bits per heavy atom. The minimum absolute atomic E-state index is 0.139. The third-order valence-electron chi connectivity index (χ3n) is 4.24. The average Bonchev–Trinajstić information content (AvgIpc) is 2.68. The highest BCUT2D eigenvalue weighted by Gasteiger charge is 2.32. The first kappa shape index (κ1) is 14.9. The maximum atomic E-state index is 9.36. The molecule has 0 bridgehead atoms. The van der Waals surface area contributed by atoms with Crippen molar-refractivity contribution in [2.75, 3.05) is 47.4 Å². The van der Waals surface area contributed by atoms with Crippen LogP contribution in [-0.2, 0) is 0 Å². The fourth-order valence-corrected chi connectivity index (χ4v) is 2.59. The van der Waals surface area contributed by atoms with Crippen molar-refractivity contribution in [3.8, 4) is 0 Å². The van der Waals surface area contributed by atoms with Crippen LogP contribution >= 0.6 is 0 Å². The number of nitrogens with one attached hydrogen (secondary N) is 1. The second-order valence-electron chi connectivity index (χ2n) is 5.99. The zero-order valence-corrected chi connectivity index (χ0v) is 12.0. The number of rotatable bonds is 6. The van der Waals surface area contributed by atoms with Crippen molar-refractivity contribution in [1.29, 1.82) is 0 Å². The molecule has 0 aromatic heterocycles. The van der Waals surface area contributed by atoms with Crippen molar-refractivity contribution >= 4 is 0 Å². The van der Waals surface area contributed by atoms with Crippen LogP contribution in [0, 0.1) is 5.92 Å². The minimum Gasteiger partial charge on any atom is -0.394 e. The molecule has 0 aromatic carbocycles. The van der Waals surface area contributed by atoms with Crippen LogP contribution in [0.5, 0.6) is 0 Å². The van der Waals surface area contributed by atoms with E-state index in [9.17, 15) is 5.11 Å². The summed E-state index contributed by atoms with van der Waals surface area (Å²) in [5.74, 6) is 0.736. The SMILES string of the molecule is CNC(C)(CO)CCN1CC(C)C(N(C)C)C1. The number of aliphatic hydroxyl groups excluding tert-OH is 1. The molecule has 0 spiro atoms. The fraction of sp³-hybridized carbons (Fsp3) is 1.00. The molecule has 3 atom stereocenters. The van der Waals surface area contributed by atoms with E-state index in [-0.39, 0.29) is 12.1 Å². The minimum atomic E-state index is -0.139. The molecule has 1 saturated heterocycles. The van der Waals surface area contributed by atoms with Crippen molar-refractivity contribution in [3.05, 3.63) is 0 Å². The number of aliphatic hydroxyl groups is 1. The second-order valence-corrected chi connectivity index (χ2v) is 5.99. The Balaban J connectivity index is 2.40. The van der Waals surface area contributed by atoms with Crippen LogP contribution in [0.4, 0.5) is 0 Å². The lowest BCUT2D eigenvalue weighted by molar-refractivity contribution is 0.156. The van der Waals surface area contributed by atoms with Crippen LogP contribution in [0.25, 0.3) is 0 Å². The molecule has 1 aliphatic rings. The summed E-state index contributed by atoms with van der Waals surface area (Å²) in [5.41, 5.74) is -0.139. The maximum absolute atomic E-state index is 9.36. The Morgan fingerprint density at radius 3 is 2.47 bits per heavy atom. The van der Waals surface area contributed by atoms with Gasteiger partial charge in [0.25, 0.3) is 0 Å². The summed E-state index contributed by atoms with van der Waals surface area (Å²) < 4.78 is 0. The summed E-state index contributed by atoms with van der Waals surface area (Å²) in [6, 6.07) is 0.671. The van der Waals surface area contributed by atoms with Gasteiger partial charge in [0.1, 0.15) is 0 Å². The molecule has 0 amide bonds. The number of nitrogens with zero attached hydrogens (tertiary/aromatic N) is 2. The van der Waals surface area contributed by atoms with Gasteiger partial charge in [0.2, 0.25) is 0 Å². The van der Waals surface area contributed by atoms with Gasteiger partial charge in [0, 0.05) is 31.2 Å². The van der Waals surface area contributed by atoms with E-state index in [1.807, 2.05) is 7.05 Å². The fourth-order valence-electron chi connectivity index (χ4n) is 2.59. The molecule has 0 saturated carbocycles. The smallest absolute Gasteiger partial charge is 0.0610 e. The Kier molecular flexibility index (Phi) is 5.38. The van der Waals surface area contributed by atoms with E-state index in [4.69, 9.17) is 0 Å². The number of hydrogen-bond donors (Lipinski definition) is 2. The molecule has 2 N–H and O–H groups in total. The van der Waals surface area contributed by atoms with Gasteiger partial charge in [-0.15, -0.1) is 0 Å². The highest BCUT2D eigenvalue weighted by atomic mass is 16.3. The number of likely N-dealkylation sites (tertiary alicyclic amines) is 1. The van der Waals surface area contributed by atoms with Crippen molar-refractivity contribution < 1.29 is 5.11 Å². The lowest BCUT2D eigenvalue weighted by Crippen LogP contribution is -2.46. The summed E-state index contributed by atoms with van der Waals surface area (Å²) in [6.07, 6.45) is 0.993. The molecule has 4 nitrogen and oxygen atoms in total. The predicted molar refractivity (Wildman–Crippen MR) is 72.2 cm³/mol. The molecule has 1 rings (SSSR count).